The third-order valence-corrected chi connectivity index (χ3v) is 5.50. The Kier molecular flexibility index (Phi) is 5.06. The van der Waals surface area contributed by atoms with Crippen LogP contribution in [0.4, 0.5) is 14.9 Å². The summed E-state index contributed by atoms with van der Waals surface area (Å²) in [6.07, 6.45) is -0.0767. The van der Waals surface area contributed by atoms with Crippen molar-refractivity contribution in [1.29, 1.82) is 0 Å². The van der Waals surface area contributed by atoms with E-state index in [0.29, 0.717) is 16.6 Å². The van der Waals surface area contributed by atoms with Crippen LogP contribution in [0, 0.1) is 5.82 Å². The van der Waals surface area contributed by atoms with E-state index in [9.17, 15) is 22.4 Å². The number of amides is 2. The Labute approximate surface area is 159 Å². The summed E-state index contributed by atoms with van der Waals surface area (Å²) < 4.78 is 40.4. The molecule has 0 fully saturated rings. The molecule has 1 atom stereocenters. The van der Waals surface area contributed by atoms with E-state index in [2.05, 4.69) is 5.32 Å². The number of halogens is 1. The molecule has 28 heavy (non-hydrogen) atoms. The number of rotatable bonds is 5. The van der Waals surface area contributed by atoms with Gasteiger partial charge in [-0.2, -0.15) is 0 Å². The minimum absolute atomic E-state index is 0.257. The van der Waals surface area contributed by atoms with Gasteiger partial charge in [0.15, 0.2) is 0 Å². The van der Waals surface area contributed by atoms with Gasteiger partial charge >= 0.3 is 6.09 Å². The number of carbonyl (C=O) groups excluding carboxylic acids is 1. The molecular weight excluding hydrogens is 389 g/mol. The molecule has 0 aliphatic carbocycles. The van der Waals surface area contributed by atoms with Crippen LogP contribution in [0.25, 0.3) is 10.9 Å². The summed E-state index contributed by atoms with van der Waals surface area (Å²) in [4.78, 5) is 22.8. The number of hydrogen-bond donors (Lipinski definition) is 3. The minimum Gasteiger partial charge on any atom is -0.464 e. The van der Waals surface area contributed by atoms with Gasteiger partial charge in [0.1, 0.15) is 11.9 Å². The maximum Gasteiger partial charge on any atom is 0.418 e. The first-order valence-electron chi connectivity index (χ1n) is 8.11. The summed E-state index contributed by atoms with van der Waals surface area (Å²) in [6, 6.07) is 10.6. The van der Waals surface area contributed by atoms with Crippen LogP contribution in [0.5, 0.6) is 0 Å². The van der Waals surface area contributed by atoms with Gasteiger partial charge in [0, 0.05) is 17.3 Å². The van der Waals surface area contributed by atoms with E-state index < -0.39 is 22.2 Å². The Morgan fingerprint density at radius 2 is 1.79 bits per heavy atom. The minimum atomic E-state index is -4.19. The van der Waals surface area contributed by atoms with Crippen molar-refractivity contribution in [1.82, 2.24) is 9.29 Å². The molecule has 0 radical (unpaired) electrons. The van der Waals surface area contributed by atoms with Gasteiger partial charge < -0.3 is 15.0 Å². The summed E-state index contributed by atoms with van der Waals surface area (Å²) in [5, 5.41) is 11.6. The Hall–Kier alpha value is -3.40. The molecule has 0 aliphatic heterocycles. The Balaban J connectivity index is 1.77. The van der Waals surface area contributed by atoms with Crippen LogP contribution in [0.15, 0.2) is 59.6 Å². The zero-order chi connectivity index (χ0) is 20.5. The lowest BCUT2D eigenvalue weighted by Gasteiger charge is -2.15. The summed E-state index contributed by atoms with van der Waals surface area (Å²) in [5.41, 5.74) is 0.901. The van der Waals surface area contributed by atoms with Gasteiger partial charge in [-0.25, -0.2) is 22.3 Å². The molecule has 3 aromatic rings. The zero-order valence-corrected chi connectivity index (χ0v) is 15.4. The van der Waals surface area contributed by atoms with Crippen molar-refractivity contribution < 1.29 is 27.5 Å². The molecule has 2 amide bonds. The van der Waals surface area contributed by atoms with Gasteiger partial charge in [0.25, 0.3) is 10.0 Å². The van der Waals surface area contributed by atoms with Crippen molar-refractivity contribution >= 4 is 38.6 Å². The fourth-order valence-corrected chi connectivity index (χ4v) is 3.60. The van der Waals surface area contributed by atoms with E-state index in [1.54, 1.807) is 35.9 Å². The molecule has 0 bridgehead atoms. The van der Waals surface area contributed by atoms with Crippen molar-refractivity contribution in [2.45, 2.75) is 17.9 Å². The Morgan fingerprint density at radius 3 is 2.43 bits per heavy atom. The van der Waals surface area contributed by atoms with E-state index in [4.69, 9.17) is 5.11 Å². The molecule has 146 valence electrons. The SMILES string of the molecule is CC(C(=O)Nc1ccc(S(=O)(=O)NC(=O)O)cc1)n1ccc2c(F)cccc21. The molecule has 8 nitrogen and oxygen atoms in total. The highest BCUT2D eigenvalue weighted by Crippen LogP contribution is 2.23. The van der Waals surface area contributed by atoms with Gasteiger partial charge in [-0.05, 0) is 49.4 Å². The average Bonchev–Trinajstić information content (AvgIpc) is 3.06. The standard InChI is InChI=1S/C18H16FN3O5S/c1-11(22-10-9-14-15(19)3-2-4-16(14)22)17(23)20-12-5-7-13(8-6-12)28(26,27)21-18(24)25/h2-11,21H,1H3,(H,20,23)(H,24,25). The summed E-state index contributed by atoms with van der Waals surface area (Å²) in [6.45, 7) is 1.65. The molecule has 2 aromatic carbocycles. The van der Waals surface area contributed by atoms with Gasteiger partial charge in [-0.3, -0.25) is 4.79 Å². The number of nitrogens with one attached hydrogen (secondary N) is 2. The van der Waals surface area contributed by atoms with Crippen molar-refractivity contribution in [3.63, 3.8) is 0 Å². The van der Waals surface area contributed by atoms with Crippen molar-refractivity contribution in [3.05, 3.63) is 60.5 Å². The van der Waals surface area contributed by atoms with Gasteiger partial charge in [0.05, 0.1) is 10.4 Å². The van der Waals surface area contributed by atoms with Gasteiger partial charge in [-0.1, -0.05) is 6.07 Å². The molecule has 0 aliphatic rings. The third kappa shape index (κ3) is 3.81. The Bertz CT molecular complexity index is 1160. The molecule has 10 heteroatoms. The summed E-state index contributed by atoms with van der Waals surface area (Å²) >= 11 is 0. The van der Waals surface area contributed by atoms with Crippen LogP contribution in [0.1, 0.15) is 13.0 Å². The lowest BCUT2D eigenvalue weighted by Crippen LogP contribution is -2.28. The molecule has 0 saturated heterocycles. The molecule has 1 heterocycles. The number of anilines is 1. The van der Waals surface area contributed by atoms with Crippen LogP contribution < -0.4 is 10.0 Å². The van der Waals surface area contributed by atoms with Crippen molar-refractivity contribution in [2.24, 2.45) is 0 Å². The second kappa shape index (κ2) is 7.31. The largest absolute Gasteiger partial charge is 0.464 e. The topological polar surface area (TPSA) is 118 Å². The highest BCUT2D eigenvalue weighted by molar-refractivity contribution is 7.90. The fraction of sp³-hybridized carbons (Fsp3) is 0.111. The predicted octanol–water partition coefficient (Wildman–Crippen LogP) is 2.94. The molecule has 1 unspecified atom stereocenters. The molecule has 0 spiro atoms. The first-order valence-corrected chi connectivity index (χ1v) is 9.59. The number of sulfonamides is 1. The second-order valence-electron chi connectivity index (χ2n) is 6.00. The van der Waals surface area contributed by atoms with Gasteiger partial charge in [0.2, 0.25) is 5.91 Å². The fourth-order valence-electron chi connectivity index (χ4n) is 2.75. The monoisotopic (exact) mass is 405 g/mol. The average molecular weight is 405 g/mol. The number of hydrogen-bond acceptors (Lipinski definition) is 4. The van der Waals surface area contributed by atoms with Gasteiger partial charge in [-0.15, -0.1) is 0 Å². The van der Waals surface area contributed by atoms with E-state index in [0.717, 1.165) is 0 Å². The highest BCUT2D eigenvalue weighted by Gasteiger charge is 2.19. The predicted molar refractivity (Wildman–Crippen MR) is 100 cm³/mol. The molecule has 3 rings (SSSR count). The maximum absolute atomic E-state index is 13.8. The molecule has 1 aromatic heterocycles. The van der Waals surface area contributed by atoms with Crippen LogP contribution in [0.3, 0.4) is 0 Å². The lowest BCUT2D eigenvalue weighted by molar-refractivity contribution is -0.118. The van der Waals surface area contributed by atoms with Crippen molar-refractivity contribution in [2.75, 3.05) is 5.32 Å². The third-order valence-electron chi connectivity index (χ3n) is 4.16. The quantitative estimate of drug-likeness (QED) is 0.603. The van der Waals surface area contributed by atoms with Crippen LogP contribution in [0.2, 0.25) is 0 Å². The smallest absolute Gasteiger partial charge is 0.418 e. The van der Waals surface area contributed by atoms with Crippen LogP contribution in [-0.4, -0.2) is 30.1 Å². The number of benzene rings is 2. The number of nitrogens with zero attached hydrogens (tertiary/aromatic N) is 1. The van der Waals surface area contributed by atoms with Crippen LogP contribution in [-0.2, 0) is 14.8 Å². The highest BCUT2D eigenvalue weighted by atomic mass is 32.2. The second-order valence-corrected chi connectivity index (χ2v) is 7.68. The normalized spacial score (nSPS) is 12.5. The molecular formula is C18H16FN3O5S. The number of fused-ring (bicyclic) bond motifs is 1. The number of aromatic nitrogens is 1. The lowest BCUT2D eigenvalue weighted by atomic mass is 10.2. The van der Waals surface area contributed by atoms with Crippen molar-refractivity contribution in [3.8, 4) is 0 Å². The number of carbonyl (C=O) groups is 2. The first-order chi connectivity index (χ1) is 13.2. The van der Waals surface area contributed by atoms with E-state index in [1.807, 2.05) is 0 Å². The van der Waals surface area contributed by atoms with E-state index in [1.165, 1.54) is 35.1 Å². The van der Waals surface area contributed by atoms with E-state index >= 15 is 0 Å². The van der Waals surface area contributed by atoms with Crippen LogP contribution >= 0.6 is 0 Å². The maximum atomic E-state index is 13.8. The number of carboxylic acid groups (broad SMARTS) is 1. The zero-order valence-electron chi connectivity index (χ0n) is 14.6. The summed E-state index contributed by atoms with van der Waals surface area (Å²) in [5.74, 6) is -0.767. The Morgan fingerprint density at radius 1 is 1.11 bits per heavy atom. The molecule has 0 saturated carbocycles. The molecule has 3 N–H and O–H groups in total. The summed E-state index contributed by atoms with van der Waals surface area (Å²) in [7, 11) is -4.19. The first kappa shape index (κ1) is 19.4. The van der Waals surface area contributed by atoms with E-state index in [-0.39, 0.29) is 16.6 Å².